The quantitative estimate of drug-likeness (QED) is 0.574. The summed E-state index contributed by atoms with van der Waals surface area (Å²) >= 11 is 0. The van der Waals surface area contributed by atoms with Crippen LogP contribution in [0.25, 0.3) is 0 Å². The zero-order valence-corrected chi connectivity index (χ0v) is 5.85. The van der Waals surface area contributed by atoms with Gasteiger partial charge >= 0.3 is 0 Å². The number of halogens is 1. The monoisotopic (exact) mass is 145 g/mol. The molecular weight excluding hydrogens is 133 g/mol. The fourth-order valence-electron chi connectivity index (χ4n) is 1.27. The molecule has 0 aromatic rings. The molecule has 10 heavy (non-hydrogen) atoms. The van der Waals surface area contributed by atoms with Crippen LogP contribution in [-0.2, 0) is 4.79 Å². The summed E-state index contributed by atoms with van der Waals surface area (Å²) in [7, 11) is 0. The second-order valence-corrected chi connectivity index (χ2v) is 2.67. The molecule has 1 N–H and O–H groups in total. The van der Waals surface area contributed by atoms with Crippen LogP contribution in [0.4, 0.5) is 4.39 Å². The number of hydrogen-bond donors (Lipinski definition) is 1. The van der Waals surface area contributed by atoms with Gasteiger partial charge in [-0.15, -0.1) is 0 Å². The predicted octanol–water partition coefficient (Wildman–Crippen LogP) is 0.523. The average molecular weight is 145 g/mol. The third kappa shape index (κ3) is 1.77. The van der Waals surface area contributed by atoms with E-state index in [1.165, 1.54) is 0 Å². The molecule has 58 valence electrons. The fourth-order valence-corrected chi connectivity index (χ4v) is 1.27. The Kier molecular flexibility index (Phi) is 2.81. The van der Waals surface area contributed by atoms with Gasteiger partial charge in [0.1, 0.15) is 0 Å². The molecule has 1 fully saturated rings. The summed E-state index contributed by atoms with van der Waals surface area (Å²) in [6, 6.07) is 0. The van der Waals surface area contributed by atoms with Gasteiger partial charge in [-0.05, 0) is 31.8 Å². The van der Waals surface area contributed by atoms with Crippen molar-refractivity contribution in [3.05, 3.63) is 0 Å². The molecule has 1 rings (SSSR count). The van der Waals surface area contributed by atoms with Gasteiger partial charge in [-0.3, -0.25) is 0 Å². The van der Waals surface area contributed by atoms with E-state index in [1.807, 2.05) is 0 Å². The molecule has 1 atom stereocenters. The van der Waals surface area contributed by atoms with Gasteiger partial charge in [0, 0.05) is 0 Å². The highest BCUT2D eigenvalue weighted by molar-refractivity contribution is 5.56. The summed E-state index contributed by atoms with van der Waals surface area (Å²) in [6.07, 6.45) is 0.762. The van der Waals surface area contributed by atoms with Gasteiger partial charge in [0.2, 0.25) is 0 Å². The number of carbonyl (C=O) groups is 1. The molecule has 0 saturated carbocycles. The first-order chi connectivity index (χ1) is 4.84. The number of rotatable bonds is 2. The van der Waals surface area contributed by atoms with Gasteiger partial charge in [0.05, 0.1) is 0 Å². The van der Waals surface area contributed by atoms with Crippen molar-refractivity contribution in [1.29, 1.82) is 0 Å². The van der Waals surface area contributed by atoms with Crippen LogP contribution in [-0.4, -0.2) is 25.5 Å². The van der Waals surface area contributed by atoms with Crippen molar-refractivity contribution in [2.24, 2.45) is 5.92 Å². The van der Waals surface area contributed by atoms with E-state index >= 15 is 0 Å². The van der Waals surface area contributed by atoms with E-state index in [0.717, 1.165) is 25.9 Å². The maximum absolute atomic E-state index is 12.6. The van der Waals surface area contributed by atoms with E-state index in [0.29, 0.717) is 6.29 Å². The van der Waals surface area contributed by atoms with Gasteiger partial charge in [0.15, 0.2) is 12.5 Å². The first-order valence-corrected chi connectivity index (χ1v) is 3.64. The molecule has 0 aromatic heterocycles. The lowest BCUT2D eigenvalue weighted by Gasteiger charge is -2.22. The van der Waals surface area contributed by atoms with E-state index in [1.54, 1.807) is 0 Å². The highest BCUT2D eigenvalue weighted by atomic mass is 19.1. The lowest BCUT2D eigenvalue weighted by Crippen LogP contribution is -2.32. The SMILES string of the molecule is O=CC(F)C1CCNCC1. The van der Waals surface area contributed by atoms with Crippen molar-refractivity contribution in [3.63, 3.8) is 0 Å². The zero-order chi connectivity index (χ0) is 7.40. The van der Waals surface area contributed by atoms with Crippen molar-refractivity contribution in [3.8, 4) is 0 Å². The standard InChI is InChI=1S/C7H12FNO/c8-7(5-10)6-1-3-9-4-2-6/h5-7,9H,1-4H2. The minimum Gasteiger partial charge on any atom is -0.317 e. The van der Waals surface area contributed by atoms with Gasteiger partial charge in [-0.1, -0.05) is 0 Å². The Morgan fingerprint density at radius 2 is 2.10 bits per heavy atom. The summed E-state index contributed by atoms with van der Waals surface area (Å²) in [5.41, 5.74) is 0. The number of aldehydes is 1. The third-order valence-corrected chi connectivity index (χ3v) is 1.96. The average Bonchev–Trinajstić information content (AvgIpc) is 2.05. The smallest absolute Gasteiger partial charge is 0.158 e. The molecule has 1 heterocycles. The Morgan fingerprint density at radius 1 is 1.50 bits per heavy atom. The van der Waals surface area contributed by atoms with Crippen molar-refractivity contribution in [2.75, 3.05) is 13.1 Å². The Labute approximate surface area is 59.8 Å². The van der Waals surface area contributed by atoms with Crippen LogP contribution in [0.1, 0.15) is 12.8 Å². The summed E-state index contributed by atoms with van der Waals surface area (Å²) in [5.74, 6) is -0.0289. The summed E-state index contributed by atoms with van der Waals surface area (Å²) in [6.45, 7) is 1.69. The molecule has 0 aromatic carbocycles. The van der Waals surface area contributed by atoms with Gasteiger partial charge in [-0.25, -0.2) is 4.39 Å². The Balaban J connectivity index is 2.30. The lowest BCUT2D eigenvalue weighted by molar-refractivity contribution is -0.113. The van der Waals surface area contributed by atoms with Crippen LogP contribution in [0.5, 0.6) is 0 Å². The molecule has 1 unspecified atom stereocenters. The fraction of sp³-hybridized carbons (Fsp3) is 0.857. The van der Waals surface area contributed by atoms with E-state index in [2.05, 4.69) is 5.32 Å². The van der Waals surface area contributed by atoms with Crippen molar-refractivity contribution in [2.45, 2.75) is 19.0 Å². The van der Waals surface area contributed by atoms with E-state index < -0.39 is 6.17 Å². The van der Waals surface area contributed by atoms with Crippen LogP contribution in [0.15, 0.2) is 0 Å². The minimum atomic E-state index is -1.23. The molecule has 1 aliphatic heterocycles. The normalized spacial score (nSPS) is 24.1. The summed E-state index contributed by atoms with van der Waals surface area (Å²) in [5, 5.41) is 3.11. The summed E-state index contributed by atoms with van der Waals surface area (Å²) in [4.78, 5) is 10.0. The van der Waals surface area contributed by atoms with Gasteiger partial charge in [-0.2, -0.15) is 0 Å². The third-order valence-electron chi connectivity index (χ3n) is 1.96. The number of nitrogens with one attached hydrogen (secondary N) is 1. The van der Waals surface area contributed by atoms with E-state index in [9.17, 15) is 9.18 Å². The molecule has 0 bridgehead atoms. The van der Waals surface area contributed by atoms with Gasteiger partial charge in [0.25, 0.3) is 0 Å². The van der Waals surface area contributed by atoms with Crippen LogP contribution >= 0.6 is 0 Å². The zero-order valence-electron chi connectivity index (χ0n) is 5.85. The van der Waals surface area contributed by atoms with Crippen molar-refractivity contribution >= 4 is 6.29 Å². The van der Waals surface area contributed by atoms with E-state index in [-0.39, 0.29) is 5.92 Å². The highest BCUT2D eigenvalue weighted by Crippen LogP contribution is 2.16. The maximum Gasteiger partial charge on any atom is 0.158 e. The molecule has 1 aliphatic rings. The number of alkyl halides is 1. The second kappa shape index (κ2) is 3.66. The molecule has 0 amide bonds. The van der Waals surface area contributed by atoms with Crippen LogP contribution in [0.3, 0.4) is 0 Å². The molecular formula is C7H12FNO. The molecule has 0 radical (unpaired) electrons. The highest BCUT2D eigenvalue weighted by Gasteiger charge is 2.21. The summed E-state index contributed by atoms with van der Waals surface area (Å²) < 4.78 is 12.6. The lowest BCUT2D eigenvalue weighted by atomic mass is 9.94. The molecule has 1 saturated heterocycles. The Morgan fingerprint density at radius 3 is 2.60 bits per heavy atom. The molecule has 3 heteroatoms. The minimum absolute atomic E-state index is 0.0289. The second-order valence-electron chi connectivity index (χ2n) is 2.67. The molecule has 0 aliphatic carbocycles. The largest absolute Gasteiger partial charge is 0.317 e. The van der Waals surface area contributed by atoms with Crippen molar-refractivity contribution in [1.82, 2.24) is 5.32 Å². The first kappa shape index (κ1) is 7.66. The molecule has 0 spiro atoms. The predicted molar refractivity (Wildman–Crippen MR) is 36.6 cm³/mol. The Hall–Kier alpha value is -0.440. The van der Waals surface area contributed by atoms with E-state index in [4.69, 9.17) is 0 Å². The molecule has 2 nitrogen and oxygen atoms in total. The van der Waals surface area contributed by atoms with Gasteiger partial charge < -0.3 is 10.1 Å². The number of piperidine rings is 1. The van der Waals surface area contributed by atoms with Crippen LogP contribution in [0.2, 0.25) is 0 Å². The Bertz CT molecular complexity index is 112. The number of carbonyl (C=O) groups excluding carboxylic acids is 1. The topological polar surface area (TPSA) is 29.1 Å². The number of hydrogen-bond acceptors (Lipinski definition) is 2. The van der Waals surface area contributed by atoms with Crippen LogP contribution < -0.4 is 5.32 Å². The van der Waals surface area contributed by atoms with Crippen molar-refractivity contribution < 1.29 is 9.18 Å². The maximum atomic E-state index is 12.6. The first-order valence-electron chi connectivity index (χ1n) is 3.64. The van der Waals surface area contributed by atoms with Crippen LogP contribution in [0, 0.1) is 5.92 Å².